The third kappa shape index (κ3) is 18.5. The predicted octanol–water partition coefficient (Wildman–Crippen LogP) is -0.0123. The molecule has 0 fully saturated rings. The molecule has 18 valence electrons. The van der Waals surface area contributed by atoms with E-state index >= 15 is 0 Å². The quantitative estimate of drug-likeness (QED) is 0.264. The molecule has 0 aliphatic carbocycles. The first kappa shape index (κ1) is 15.8. The van der Waals surface area contributed by atoms with E-state index in [9.17, 15) is 0 Å². The maximum absolute atomic E-state index is 4.28. The van der Waals surface area contributed by atoms with E-state index in [0.717, 1.165) is 0 Å². The Labute approximate surface area is 92.8 Å². The van der Waals surface area contributed by atoms with Crippen molar-refractivity contribution < 1.29 is 76.9 Å². The molecule has 0 N–H and O–H groups in total. The van der Waals surface area contributed by atoms with Crippen molar-refractivity contribution in [2.24, 2.45) is 0 Å². The minimum absolute atomic E-state index is 0. The zero-order valence-corrected chi connectivity index (χ0v) is 21.1. The average Bonchev–Trinajstić information content (AvgIpc) is 1.50. The van der Waals surface area contributed by atoms with Gasteiger partial charge in [0, 0.05) is 0 Å². The van der Waals surface area contributed by atoms with Crippen LogP contribution in [0.25, 0.3) is 0 Å². The molecule has 0 aromatic carbocycles. The first-order valence-corrected chi connectivity index (χ1v) is 15.2. The van der Waals surface area contributed by atoms with Gasteiger partial charge in [0.1, 0.15) is 0 Å². The molecule has 0 aliphatic heterocycles. The van der Waals surface area contributed by atoms with Crippen molar-refractivity contribution in [2.75, 3.05) is 0 Å². The molecular weight excluding hydrogens is 666 g/mol. The van der Waals surface area contributed by atoms with E-state index < -0.39 is 0 Å². The minimum atomic E-state index is 0. The Bertz CT molecular complexity index is 4.85. The van der Waals surface area contributed by atoms with Crippen LogP contribution in [0, 0.1) is 0 Å². The number of hydrogen-bond acceptors (Lipinski definition) is 2. The van der Waals surface area contributed by atoms with Crippen LogP contribution in [0.3, 0.4) is 0 Å². The van der Waals surface area contributed by atoms with E-state index in [0.29, 0.717) is 49.2 Å². The second kappa shape index (κ2) is 25.8. The second-order valence-corrected chi connectivity index (χ2v) is 0. The molecule has 0 aromatic rings. The van der Waals surface area contributed by atoms with Crippen molar-refractivity contribution in [3.05, 3.63) is 0 Å². The summed E-state index contributed by atoms with van der Waals surface area (Å²) < 4.78 is 0. The van der Waals surface area contributed by atoms with Crippen LogP contribution >= 0.6 is 0 Å². The SMILES string of the molecule is [Hg+2].[S-][Hg].[S-][Hg]. The first-order valence-electron chi connectivity index (χ1n) is 0.577. The topological polar surface area (TPSA) is 0 Å². The summed E-state index contributed by atoms with van der Waals surface area (Å²) in [6, 6.07) is 0. The standard InChI is InChI=1S/3Hg.2S/q;;+2;2*-1. The summed E-state index contributed by atoms with van der Waals surface area (Å²) in [6.07, 6.45) is 0. The summed E-state index contributed by atoms with van der Waals surface area (Å²) in [6.45, 7) is 0. The van der Waals surface area contributed by atoms with Crippen LogP contribution in [0.4, 0.5) is 0 Å². The molecule has 0 unspecified atom stereocenters. The Balaban J connectivity index is -0.0000000133. The summed E-state index contributed by atoms with van der Waals surface area (Å²) in [5.41, 5.74) is 0. The fourth-order valence-electron chi connectivity index (χ4n) is 0. The van der Waals surface area contributed by atoms with E-state index in [1.54, 1.807) is 0 Å². The van der Waals surface area contributed by atoms with Crippen LogP contribution in [-0.2, 0) is 95.1 Å². The normalized spacial score (nSPS) is 2.80. The maximum atomic E-state index is 4.28. The van der Waals surface area contributed by atoms with Crippen molar-refractivity contribution >= 4 is 18.2 Å². The van der Waals surface area contributed by atoms with Crippen LogP contribution in [0.2, 0.25) is 0 Å². The van der Waals surface area contributed by atoms with Crippen LogP contribution in [0.1, 0.15) is 0 Å². The molecule has 0 saturated heterocycles. The fraction of sp³-hybridized carbons (Fsp3) is 0. The second-order valence-electron chi connectivity index (χ2n) is 0. The van der Waals surface area contributed by atoms with Crippen LogP contribution in [0.15, 0.2) is 0 Å². The van der Waals surface area contributed by atoms with E-state index in [2.05, 4.69) is 18.2 Å². The molecule has 5 heteroatoms. The summed E-state index contributed by atoms with van der Waals surface area (Å²) in [5, 5.41) is 0. The van der Waals surface area contributed by atoms with Gasteiger partial charge in [-0.25, -0.2) is 0 Å². The van der Waals surface area contributed by atoms with Crippen molar-refractivity contribution in [1.29, 1.82) is 0 Å². The fourth-order valence-corrected chi connectivity index (χ4v) is 0. The van der Waals surface area contributed by atoms with Crippen LogP contribution in [-0.4, -0.2) is 0 Å². The van der Waals surface area contributed by atoms with Gasteiger partial charge >= 0.3 is 95.1 Å². The Kier molecular flexibility index (Phi) is 81.7. The van der Waals surface area contributed by atoms with Crippen LogP contribution in [0.5, 0.6) is 0 Å². The van der Waals surface area contributed by atoms with Gasteiger partial charge in [-0.2, -0.15) is 0 Å². The summed E-state index contributed by atoms with van der Waals surface area (Å²) in [7, 11) is 8.56. The zero-order chi connectivity index (χ0) is 4.00. The van der Waals surface area contributed by atoms with Gasteiger partial charge in [-0.15, -0.1) is 0 Å². The van der Waals surface area contributed by atoms with Gasteiger partial charge in [0.05, 0.1) is 0 Å². The van der Waals surface area contributed by atoms with E-state index in [1.165, 1.54) is 0 Å². The van der Waals surface area contributed by atoms with Crippen molar-refractivity contribution in [3.63, 3.8) is 0 Å². The third-order valence-corrected chi connectivity index (χ3v) is 0. The average molecular weight is 666 g/mol. The van der Waals surface area contributed by atoms with Gasteiger partial charge in [0.2, 0.25) is 0 Å². The van der Waals surface area contributed by atoms with Gasteiger partial charge in [-0.1, -0.05) is 0 Å². The molecule has 0 saturated carbocycles. The summed E-state index contributed by atoms with van der Waals surface area (Å²) in [5.74, 6) is 0. The van der Waals surface area contributed by atoms with Crippen molar-refractivity contribution in [3.8, 4) is 0 Å². The molecule has 5 heavy (non-hydrogen) atoms. The van der Waals surface area contributed by atoms with E-state index in [-0.39, 0.29) is 27.7 Å². The van der Waals surface area contributed by atoms with E-state index in [1.807, 2.05) is 0 Å². The molecule has 0 amide bonds. The Morgan fingerprint density at radius 3 is 0.800 bits per heavy atom. The molecule has 0 rings (SSSR count). The molecular formula is Hg3S2. The van der Waals surface area contributed by atoms with Gasteiger partial charge in [-0.05, 0) is 0 Å². The zero-order valence-electron chi connectivity index (χ0n) is 2.94. The van der Waals surface area contributed by atoms with Gasteiger partial charge in [0.15, 0.2) is 0 Å². The molecule has 0 spiro atoms. The van der Waals surface area contributed by atoms with Crippen LogP contribution < -0.4 is 0 Å². The number of rotatable bonds is 0. The molecule has 0 nitrogen and oxygen atoms in total. The first-order chi connectivity index (χ1) is 2.00. The number of hydrogen-bond donors (Lipinski definition) is 0. The van der Waals surface area contributed by atoms with E-state index in [4.69, 9.17) is 0 Å². The van der Waals surface area contributed by atoms with Gasteiger partial charge < -0.3 is 0 Å². The monoisotopic (exact) mass is 670 g/mol. The predicted molar refractivity (Wildman–Crippen MR) is 14.7 cm³/mol. The van der Waals surface area contributed by atoms with Gasteiger partial charge in [0.25, 0.3) is 0 Å². The molecule has 0 heterocycles. The summed E-state index contributed by atoms with van der Waals surface area (Å²) >= 11 is 1.22. The molecule has 0 aliphatic rings. The molecule has 0 atom stereocenters. The molecule has 0 radical (unpaired) electrons. The molecule has 0 aromatic heterocycles. The third-order valence-electron chi connectivity index (χ3n) is 0. The van der Waals surface area contributed by atoms with Crippen molar-refractivity contribution in [1.82, 2.24) is 0 Å². The van der Waals surface area contributed by atoms with Crippen molar-refractivity contribution in [2.45, 2.75) is 0 Å². The Hall–Kier alpha value is 3.51. The Morgan fingerprint density at radius 2 is 0.800 bits per heavy atom. The molecule has 0 bridgehead atoms. The van der Waals surface area contributed by atoms with Gasteiger partial charge in [-0.3, -0.25) is 0 Å². The summed E-state index contributed by atoms with van der Waals surface area (Å²) in [4.78, 5) is 0. The Morgan fingerprint density at radius 1 is 0.800 bits per heavy atom.